The average molecular weight is 347 g/mol. The van der Waals surface area contributed by atoms with Gasteiger partial charge in [0.25, 0.3) is 5.91 Å². The van der Waals surface area contributed by atoms with Gasteiger partial charge in [0, 0.05) is 24.8 Å². The fourth-order valence-electron chi connectivity index (χ4n) is 2.39. The summed E-state index contributed by atoms with van der Waals surface area (Å²) in [6.45, 7) is 0.920. The monoisotopic (exact) mass is 346 g/mol. The van der Waals surface area contributed by atoms with Crippen LogP contribution in [0.15, 0.2) is 41.1 Å². The molecule has 1 aliphatic heterocycles. The van der Waals surface area contributed by atoms with E-state index in [4.69, 9.17) is 5.11 Å². The Morgan fingerprint density at radius 2 is 1.86 bits per heavy atom. The summed E-state index contributed by atoms with van der Waals surface area (Å²) >= 11 is 3.25. The summed E-state index contributed by atoms with van der Waals surface area (Å²) in [5.41, 5.74) is 2.68. The van der Waals surface area contributed by atoms with E-state index in [0.29, 0.717) is 23.3 Å². The Morgan fingerprint density at radius 3 is 2.57 bits per heavy atom. The van der Waals surface area contributed by atoms with E-state index in [9.17, 15) is 9.59 Å². The number of benzene rings is 1. The molecule has 0 saturated carbocycles. The Balaban J connectivity index is 1.84. The number of halogens is 1. The molecule has 2 heterocycles. The standard InChI is InChI=1S/C15H11BrN2O3/c16-13-6-9(3-4-17-13)14(19)18-7-11-2-1-10(15(20)21)5-12(11)8-18/h1-6H,7-8H2,(H,20,21). The van der Waals surface area contributed by atoms with Gasteiger partial charge in [0.05, 0.1) is 5.56 Å². The molecule has 0 bridgehead atoms. The van der Waals surface area contributed by atoms with Gasteiger partial charge in [0.1, 0.15) is 4.60 Å². The Morgan fingerprint density at radius 1 is 1.10 bits per heavy atom. The molecule has 0 unspecified atom stereocenters. The molecule has 21 heavy (non-hydrogen) atoms. The summed E-state index contributed by atoms with van der Waals surface area (Å²) in [5, 5.41) is 9.01. The fraction of sp³-hybridized carbons (Fsp3) is 0.133. The largest absolute Gasteiger partial charge is 0.478 e. The maximum atomic E-state index is 12.4. The fourth-order valence-corrected chi connectivity index (χ4v) is 2.75. The molecule has 1 aromatic carbocycles. The van der Waals surface area contributed by atoms with Crippen LogP contribution in [-0.4, -0.2) is 26.9 Å². The first-order chi connectivity index (χ1) is 10.0. The minimum absolute atomic E-state index is 0.0915. The molecule has 0 radical (unpaired) electrons. The lowest BCUT2D eigenvalue weighted by Gasteiger charge is -2.15. The van der Waals surface area contributed by atoms with Crippen molar-refractivity contribution in [1.82, 2.24) is 9.88 Å². The molecule has 106 valence electrons. The number of rotatable bonds is 2. The molecule has 3 rings (SSSR count). The summed E-state index contributed by atoms with van der Waals surface area (Å²) in [5.74, 6) is -1.05. The zero-order valence-corrected chi connectivity index (χ0v) is 12.5. The van der Waals surface area contributed by atoms with Crippen LogP contribution in [0.4, 0.5) is 0 Å². The Bertz CT molecular complexity index is 745. The lowest BCUT2D eigenvalue weighted by molar-refractivity contribution is 0.0696. The lowest BCUT2D eigenvalue weighted by atomic mass is 10.1. The highest BCUT2D eigenvalue weighted by molar-refractivity contribution is 9.10. The number of carbonyl (C=O) groups is 2. The molecule has 0 fully saturated rings. The number of hydrogen-bond acceptors (Lipinski definition) is 3. The number of aromatic nitrogens is 1. The normalized spacial score (nSPS) is 13.1. The summed E-state index contributed by atoms with van der Waals surface area (Å²) in [6, 6.07) is 8.31. The van der Waals surface area contributed by atoms with Crippen LogP contribution in [0.3, 0.4) is 0 Å². The highest BCUT2D eigenvalue weighted by Crippen LogP contribution is 2.25. The lowest BCUT2D eigenvalue weighted by Crippen LogP contribution is -2.25. The quantitative estimate of drug-likeness (QED) is 0.848. The predicted molar refractivity (Wildman–Crippen MR) is 78.9 cm³/mol. The minimum atomic E-state index is -0.958. The van der Waals surface area contributed by atoms with E-state index < -0.39 is 5.97 Å². The average Bonchev–Trinajstić information content (AvgIpc) is 2.89. The van der Waals surface area contributed by atoms with Gasteiger partial charge in [-0.25, -0.2) is 9.78 Å². The first-order valence-corrected chi connectivity index (χ1v) is 7.10. The van der Waals surface area contributed by atoms with Crippen LogP contribution in [0.25, 0.3) is 0 Å². The van der Waals surface area contributed by atoms with Crippen molar-refractivity contribution in [2.75, 3.05) is 0 Å². The Labute approximate surface area is 129 Å². The van der Waals surface area contributed by atoms with Gasteiger partial charge in [-0.2, -0.15) is 0 Å². The van der Waals surface area contributed by atoms with Crippen LogP contribution in [0, 0.1) is 0 Å². The number of aromatic carboxylic acids is 1. The number of carboxylic acids is 1. The van der Waals surface area contributed by atoms with Crippen molar-refractivity contribution in [3.05, 3.63) is 63.4 Å². The van der Waals surface area contributed by atoms with Crippen LogP contribution in [-0.2, 0) is 13.1 Å². The van der Waals surface area contributed by atoms with Gasteiger partial charge >= 0.3 is 5.97 Å². The number of carbonyl (C=O) groups excluding carboxylic acids is 1. The second kappa shape index (κ2) is 5.29. The second-order valence-electron chi connectivity index (χ2n) is 4.82. The molecule has 0 atom stereocenters. The maximum Gasteiger partial charge on any atom is 0.335 e. The van der Waals surface area contributed by atoms with Crippen molar-refractivity contribution in [2.45, 2.75) is 13.1 Å². The summed E-state index contributed by atoms with van der Waals surface area (Å²) in [7, 11) is 0. The summed E-state index contributed by atoms with van der Waals surface area (Å²) in [4.78, 5) is 29.1. The highest BCUT2D eigenvalue weighted by Gasteiger charge is 2.25. The van der Waals surface area contributed by atoms with Gasteiger partial charge in [-0.1, -0.05) is 6.07 Å². The maximum absolute atomic E-state index is 12.4. The van der Waals surface area contributed by atoms with E-state index in [-0.39, 0.29) is 11.5 Å². The van der Waals surface area contributed by atoms with Crippen molar-refractivity contribution in [2.24, 2.45) is 0 Å². The molecule has 5 nitrogen and oxygen atoms in total. The Hall–Kier alpha value is -2.21. The van der Waals surface area contributed by atoms with Crippen LogP contribution in [0.2, 0.25) is 0 Å². The molecular weight excluding hydrogens is 336 g/mol. The molecule has 6 heteroatoms. The number of carboxylic acid groups (broad SMARTS) is 1. The van der Waals surface area contributed by atoms with Gasteiger partial charge in [0.2, 0.25) is 0 Å². The van der Waals surface area contributed by atoms with Crippen LogP contribution in [0.1, 0.15) is 31.8 Å². The first kappa shape index (κ1) is 13.8. The van der Waals surface area contributed by atoms with Crippen molar-refractivity contribution in [3.63, 3.8) is 0 Å². The highest BCUT2D eigenvalue weighted by atomic mass is 79.9. The van der Waals surface area contributed by atoms with Gasteiger partial charge in [-0.15, -0.1) is 0 Å². The minimum Gasteiger partial charge on any atom is -0.478 e. The van der Waals surface area contributed by atoms with Crippen LogP contribution in [0.5, 0.6) is 0 Å². The van der Waals surface area contributed by atoms with Crippen molar-refractivity contribution < 1.29 is 14.7 Å². The van der Waals surface area contributed by atoms with Crippen LogP contribution < -0.4 is 0 Å². The van der Waals surface area contributed by atoms with E-state index in [0.717, 1.165) is 11.1 Å². The third kappa shape index (κ3) is 2.67. The third-order valence-electron chi connectivity index (χ3n) is 3.44. The molecule has 1 amide bonds. The molecule has 1 aromatic heterocycles. The van der Waals surface area contributed by atoms with Gasteiger partial charge in [0.15, 0.2) is 0 Å². The van der Waals surface area contributed by atoms with E-state index in [1.165, 1.54) is 0 Å². The number of hydrogen-bond donors (Lipinski definition) is 1. The van der Waals surface area contributed by atoms with E-state index in [1.807, 2.05) is 0 Å². The second-order valence-corrected chi connectivity index (χ2v) is 5.63. The van der Waals surface area contributed by atoms with Crippen molar-refractivity contribution in [1.29, 1.82) is 0 Å². The molecule has 0 aliphatic carbocycles. The molecule has 2 aromatic rings. The van der Waals surface area contributed by atoms with Gasteiger partial charge in [-0.3, -0.25) is 4.79 Å². The van der Waals surface area contributed by atoms with E-state index in [2.05, 4.69) is 20.9 Å². The molecule has 0 saturated heterocycles. The first-order valence-electron chi connectivity index (χ1n) is 6.30. The number of amides is 1. The van der Waals surface area contributed by atoms with Crippen molar-refractivity contribution in [3.8, 4) is 0 Å². The zero-order valence-electron chi connectivity index (χ0n) is 10.9. The van der Waals surface area contributed by atoms with E-state index >= 15 is 0 Å². The van der Waals surface area contributed by atoms with Crippen LogP contribution >= 0.6 is 15.9 Å². The molecule has 1 aliphatic rings. The topological polar surface area (TPSA) is 70.5 Å². The molecule has 1 N–H and O–H groups in total. The molecule has 0 spiro atoms. The smallest absolute Gasteiger partial charge is 0.335 e. The van der Waals surface area contributed by atoms with Gasteiger partial charge < -0.3 is 10.0 Å². The summed E-state index contributed by atoms with van der Waals surface area (Å²) in [6.07, 6.45) is 1.57. The SMILES string of the molecule is O=C(O)c1ccc2c(c1)CN(C(=O)c1ccnc(Br)c1)C2. The third-order valence-corrected chi connectivity index (χ3v) is 3.87. The number of pyridine rings is 1. The Kier molecular flexibility index (Phi) is 3.47. The van der Waals surface area contributed by atoms with Crippen molar-refractivity contribution >= 4 is 27.8 Å². The summed E-state index contributed by atoms with van der Waals surface area (Å²) < 4.78 is 0.609. The number of nitrogens with zero attached hydrogens (tertiary/aromatic N) is 2. The zero-order chi connectivity index (χ0) is 15.0. The van der Waals surface area contributed by atoms with E-state index in [1.54, 1.807) is 41.4 Å². The van der Waals surface area contributed by atoms with Gasteiger partial charge in [-0.05, 0) is 51.3 Å². The predicted octanol–water partition coefficient (Wildman–Crippen LogP) is 2.70. The molecular formula is C15H11BrN2O3. The number of fused-ring (bicyclic) bond motifs is 1.